The SMILES string of the molecule is CCOCC(C)(O)c1ccc(C)nc1. The smallest absolute Gasteiger partial charge is 0.112 e. The zero-order valence-electron chi connectivity index (χ0n) is 8.95. The number of hydrogen-bond donors (Lipinski definition) is 1. The summed E-state index contributed by atoms with van der Waals surface area (Å²) in [5, 5.41) is 10.0. The summed E-state index contributed by atoms with van der Waals surface area (Å²) in [4.78, 5) is 4.14. The highest BCUT2D eigenvalue weighted by molar-refractivity contribution is 5.19. The molecule has 0 radical (unpaired) electrons. The van der Waals surface area contributed by atoms with Crippen LogP contribution in [0.3, 0.4) is 0 Å². The Morgan fingerprint density at radius 2 is 2.21 bits per heavy atom. The predicted octanol–water partition coefficient (Wildman–Crippen LogP) is 1.63. The van der Waals surface area contributed by atoms with E-state index >= 15 is 0 Å². The Labute approximate surface area is 84.7 Å². The van der Waals surface area contributed by atoms with E-state index in [2.05, 4.69) is 4.98 Å². The minimum absolute atomic E-state index is 0.300. The highest BCUT2D eigenvalue weighted by Gasteiger charge is 2.23. The molecule has 1 aromatic rings. The summed E-state index contributed by atoms with van der Waals surface area (Å²) in [5.41, 5.74) is 0.786. The van der Waals surface area contributed by atoms with Crippen LogP contribution in [0, 0.1) is 6.92 Å². The van der Waals surface area contributed by atoms with E-state index < -0.39 is 5.60 Å². The van der Waals surface area contributed by atoms with Gasteiger partial charge in [-0.15, -0.1) is 0 Å². The quantitative estimate of drug-likeness (QED) is 0.794. The molecule has 1 atom stereocenters. The van der Waals surface area contributed by atoms with Crippen molar-refractivity contribution >= 4 is 0 Å². The van der Waals surface area contributed by atoms with Gasteiger partial charge >= 0.3 is 0 Å². The van der Waals surface area contributed by atoms with Crippen molar-refractivity contribution in [3.8, 4) is 0 Å². The summed E-state index contributed by atoms with van der Waals surface area (Å²) in [6.45, 7) is 6.46. The number of hydrogen-bond acceptors (Lipinski definition) is 3. The lowest BCUT2D eigenvalue weighted by Gasteiger charge is -2.22. The maximum atomic E-state index is 10.0. The molecule has 0 saturated heterocycles. The van der Waals surface area contributed by atoms with Crippen LogP contribution in [-0.4, -0.2) is 23.3 Å². The van der Waals surface area contributed by atoms with Gasteiger partial charge in [0.05, 0.1) is 6.61 Å². The van der Waals surface area contributed by atoms with Gasteiger partial charge in [-0.2, -0.15) is 0 Å². The third kappa shape index (κ3) is 2.79. The molecule has 1 unspecified atom stereocenters. The number of nitrogens with zero attached hydrogens (tertiary/aromatic N) is 1. The van der Waals surface area contributed by atoms with Gasteiger partial charge < -0.3 is 9.84 Å². The summed E-state index contributed by atoms with van der Waals surface area (Å²) in [5.74, 6) is 0. The molecule has 0 saturated carbocycles. The van der Waals surface area contributed by atoms with Crippen LogP contribution in [0.1, 0.15) is 25.1 Å². The molecule has 0 fully saturated rings. The van der Waals surface area contributed by atoms with Crippen molar-refractivity contribution in [3.05, 3.63) is 29.6 Å². The Morgan fingerprint density at radius 3 is 2.71 bits per heavy atom. The van der Waals surface area contributed by atoms with Crippen molar-refractivity contribution in [2.45, 2.75) is 26.4 Å². The number of pyridine rings is 1. The number of aliphatic hydroxyl groups is 1. The molecule has 1 aromatic heterocycles. The summed E-state index contributed by atoms with van der Waals surface area (Å²) in [6.07, 6.45) is 1.69. The van der Waals surface area contributed by atoms with E-state index in [9.17, 15) is 5.11 Å². The third-order valence-electron chi connectivity index (χ3n) is 2.12. The fourth-order valence-corrected chi connectivity index (χ4v) is 1.17. The first kappa shape index (κ1) is 11.1. The van der Waals surface area contributed by atoms with Crippen molar-refractivity contribution in [2.24, 2.45) is 0 Å². The lowest BCUT2D eigenvalue weighted by Crippen LogP contribution is -2.28. The second-order valence-electron chi connectivity index (χ2n) is 3.60. The second-order valence-corrected chi connectivity index (χ2v) is 3.60. The minimum atomic E-state index is -0.948. The minimum Gasteiger partial charge on any atom is -0.383 e. The van der Waals surface area contributed by atoms with Crippen LogP contribution >= 0.6 is 0 Å². The third-order valence-corrected chi connectivity index (χ3v) is 2.12. The maximum Gasteiger partial charge on any atom is 0.112 e. The van der Waals surface area contributed by atoms with Crippen molar-refractivity contribution in [2.75, 3.05) is 13.2 Å². The van der Waals surface area contributed by atoms with Gasteiger partial charge in [-0.05, 0) is 26.8 Å². The molecule has 0 aliphatic heterocycles. The molecule has 0 aliphatic carbocycles. The molecule has 1 rings (SSSR count). The lowest BCUT2D eigenvalue weighted by molar-refractivity contribution is -0.0345. The Hall–Kier alpha value is -0.930. The van der Waals surface area contributed by atoms with Gasteiger partial charge in [-0.3, -0.25) is 4.98 Å². The Kier molecular flexibility index (Phi) is 3.61. The molecule has 1 N–H and O–H groups in total. The van der Waals surface area contributed by atoms with Crippen LogP contribution in [0.5, 0.6) is 0 Å². The molecule has 14 heavy (non-hydrogen) atoms. The molecule has 3 nitrogen and oxygen atoms in total. The topological polar surface area (TPSA) is 42.4 Å². The monoisotopic (exact) mass is 195 g/mol. The first-order chi connectivity index (χ1) is 6.56. The van der Waals surface area contributed by atoms with Gasteiger partial charge in [0.1, 0.15) is 5.60 Å². The summed E-state index contributed by atoms with van der Waals surface area (Å²) >= 11 is 0. The fraction of sp³-hybridized carbons (Fsp3) is 0.545. The summed E-state index contributed by atoms with van der Waals surface area (Å²) in [7, 11) is 0. The maximum absolute atomic E-state index is 10.0. The molecule has 1 heterocycles. The van der Waals surface area contributed by atoms with Crippen molar-refractivity contribution in [1.82, 2.24) is 4.98 Å². The molecule has 0 bridgehead atoms. The lowest BCUT2D eigenvalue weighted by atomic mass is 9.99. The molecular formula is C11H17NO2. The number of ether oxygens (including phenoxy) is 1. The van der Waals surface area contributed by atoms with Crippen LogP contribution in [0.2, 0.25) is 0 Å². The van der Waals surface area contributed by atoms with Crippen LogP contribution in [0.4, 0.5) is 0 Å². The van der Waals surface area contributed by atoms with Crippen LogP contribution in [0.25, 0.3) is 0 Å². The fourth-order valence-electron chi connectivity index (χ4n) is 1.17. The van der Waals surface area contributed by atoms with Crippen LogP contribution < -0.4 is 0 Å². The largest absolute Gasteiger partial charge is 0.383 e. The van der Waals surface area contributed by atoms with Gasteiger partial charge in [0.15, 0.2) is 0 Å². The summed E-state index contributed by atoms with van der Waals surface area (Å²) in [6, 6.07) is 3.76. The van der Waals surface area contributed by atoms with Crippen LogP contribution in [-0.2, 0) is 10.3 Å². The van der Waals surface area contributed by atoms with Crippen molar-refractivity contribution in [3.63, 3.8) is 0 Å². The number of aromatic nitrogens is 1. The highest BCUT2D eigenvalue weighted by Crippen LogP contribution is 2.19. The zero-order valence-corrected chi connectivity index (χ0v) is 8.95. The second kappa shape index (κ2) is 4.53. The zero-order chi connectivity index (χ0) is 10.6. The molecule has 0 aliphatic rings. The van der Waals surface area contributed by atoms with Crippen LogP contribution in [0.15, 0.2) is 18.3 Å². The van der Waals surface area contributed by atoms with Crippen molar-refractivity contribution < 1.29 is 9.84 Å². The van der Waals surface area contributed by atoms with E-state index in [4.69, 9.17) is 4.74 Å². The first-order valence-electron chi connectivity index (χ1n) is 4.79. The van der Waals surface area contributed by atoms with Crippen molar-refractivity contribution in [1.29, 1.82) is 0 Å². The standard InChI is InChI=1S/C11H17NO2/c1-4-14-8-11(3,13)10-6-5-9(2)12-7-10/h5-7,13H,4,8H2,1-3H3. The van der Waals surface area contributed by atoms with E-state index in [0.29, 0.717) is 13.2 Å². The molecule has 0 spiro atoms. The van der Waals surface area contributed by atoms with Gasteiger partial charge in [0.2, 0.25) is 0 Å². The van der Waals surface area contributed by atoms with Gasteiger partial charge in [-0.1, -0.05) is 6.07 Å². The Morgan fingerprint density at radius 1 is 1.50 bits per heavy atom. The van der Waals surface area contributed by atoms with E-state index in [1.54, 1.807) is 13.1 Å². The normalized spacial score (nSPS) is 15.1. The van der Waals surface area contributed by atoms with E-state index in [-0.39, 0.29) is 0 Å². The summed E-state index contributed by atoms with van der Waals surface area (Å²) < 4.78 is 5.21. The van der Waals surface area contributed by atoms with E-state index in [0.717, 1.165) is 11.3 Å². The molecule has 78 valence electrons. The molecule has 3 heteroatoms. The predicted molar refractivity (Wildman–Crippen MR) is 55.0 cm³/mol. The molecule has 0 aromatic carbocycles. The highest BCUT2D eigenvalue weighted by atomic mass is 16.5. The van der Waals surface area contributed by atoms with E-state index in [1.165, 1.54) is 0 Å². The van der Waals surface area contributed by atoms with Gasteiger partial charge in [-0.25, -0.2) is 0 Å². The average Bonchev–Trinajstić information content (AvgIpc) is 2.16. The average molecular weight is 195 g/mol. The van der Waals surface area contributed by atoms with Gasteiger partial charge in [0.25, 0.3) is 0 Å². The molecular weight excluding hydrogens is 178 g/mol. The number of rotatable bonds is 4. The number of aryl methyl sites for hydroxylation is 1. The Bertz CT molecular complexity index is 280. The molecule has 0 amide bonds. The Balaban J connectivity index is 2.75. The van der Waals surface area contributed by atoms with E-state index in [1.807, 2.05) is 26.0 Å². The first-order valence-corrected chi connectivity index (χ1v) is 4.79. The van der Waals surface area contributed by atoms with Gasteiger partial charge in [0, 0.05) is 24.1 Å².